The molecule has 4 aromatic rings. The quantitative estimate of drug-likeness (QED) is 0.342. The zero-order valence-electron chi connectivity index (χ0n) is 20.1. The molecule has 0 fully saturated rings. The van der Waals surface area contributed by atoms with Crippen LogP contribution < -0.4 is 16.0 Å². The molecular formula is C25H25FN8O2. The van der Waals surface area contributed by atoms with Gasteiger partial charge in [0.1, 0.15) is 23.1 Å². The zero-order valence-corrected chi connectivity index (χ0v) is 20.1. The first-order chi connectivity index (χ1) is 17.3. The lowest BCUT2D eigenvalue weighted by molar-refractivity contribution is -0.120. The van der Waals surface area contributed by atoms with Gasteiger partial charge in [-0.25, -0.2) is 24.0 Å². The number of aromatic nitrogens is 5. The molecule has 184 valence electrons. The predicted octanol–water partition coefficient (Wildman–Crippen LogP) is 2.85. The number of pyridine rings is 1. The second-order valence-corrected chi connectivity index (χ2v) is 9.08. The van der Waals surface area contributed by atoms with E-state index in [1.807, 2.05) is 6.07 Å². The number of anilines is 2. The number of benzene rings is 1. The van der Waals surface area contributed by atoms with E-state index in [2.05, 4.69) is 25.9 Å². The number of rotatable bonds is 7. The molecule has 0 bridgehead atoms. The molecule has 0 atom stereocenters. The number of nitrogens with one attached hydrogen (secondary N) is 3. The Morgan fingerprint density at radius 2 is 1.94 bits per heavy atom. The van der Waals surface area contributed by atoms with Crippen LogP contribution in [-0.2, 0) is 21.5 Å². The third-order valence-corrected chi connectivity index (χ3v) is 6.12. The second-order valence-electron chi connectivity index (χ2n) is 9.08. The van der Waals surface area contributed by atoms with Crippen LogP contribution in [0.3, 0.4) is 0 Å². The summed E-state index contributed by atoms with van der Waals surface area (Å²) in [5.74, 6) is 0.511. The number of nitrogens with zero attached hydrogens (tertiary/aromatic N) is 5. The van der Waals surface area contributed by atoms with Crippen molar-refractivity contribution in [2.75, 3.05) is 23.7 Å². The maximum Gasteiger partial charge on any atom is 0.235 e. The molecule has 11 heteroatoms. The standard InChI is InChI=1S/C25H25FN8O2/c1-14(35)27-11-12-28-20-18-21(32-24(36)25(18,2)3)31-22(30-20)19-16-8-6-10-29-23(16)34(33-19)13-15-7-4-5-9-17(15)26/h4-10H,11-13H2,1-3H3,(H,27,35)(H2,28,30,31,32,36). The molecule has 3 aromatic heterocycles. The van der Waals surface area contributed by atoms with Gasteiger partial charge in [0.25, 0.3) is 0 Å². The fraction of sp³-hybridized carbons (Fsp3) is 0.280. The van der Waals surface area contributed by atoms with Gasteiger partial charge < -0.3 is 16.0 Å². The van der Waals surface area contributed by atoms with Gasteiger partial charge in [-0.2, -0.15) is 5.10 Å². The van der Waals surface area contributed by atoms with Gasteiger partial charge in [0.2, 0.25) is 11.8 Å². The molecule has 4 heterocycles. The summed E-state index contributed by atoms with van der Waals surface area (Å²) in [5.41, 5.74) is 1.29. The largest absolute Gasteiger partial charge is 0.368 e. The topological polar surface area (TPSA) is 127 Å². The van der Waals surface area contributed by atoms with E-state index in [4.69, 9.17) is 10.1 Å². The highest BCUT2D eigenvalue weighted by molar-refractivity contribution is 6.06. The highest BCUT2D eigenvalue weighted by Crippen LogP contribution is 2.41. The average molecular weight is 489 g/mol. The van der Waals surface area contributed by atoms with Crippen molar-refractivity contribution in [2.24, 2.45) is 0 Å². The zero-order chi connectivity index (χ0) is 25.4. The van der Waals surface area contributed by atoms with Gasteiger partial charge in [-0.1, -0.05) is 18.2 Å². The van der Waals surface area contributed by atoms with E-state index in [1.54, 1.807) is 49.0 Å². The number of carbonyl (C=O) groups is 2. The third kappa shape index (κ3) is 4.12. The van der Waals surface area contributed by atoms with Crippen molar-refractivity contribution < 1.29 is 14.0 Å². The van der Waals surface area contributed by atoms with Crippen LogP contribution in [0, 0.1) is 5.82 Å². The van der Waals surface area contributed by atoms with E-state index in [1.165, 1.54) is 13.0 Å². The number of halogens is 1. The normalized spacial score (nSPS) is 13.9. The number of amides is 2. The lowest BCUT2D eigenvalue weighted by atomic mass is 9.87. The van der Waals surface area contributed by atoms with Crippen LogP contribution in [0.15, 0.2) is 42.6 Å². The first-order valence-corrected chi connectivity index (χ1v) is 11.5. The Kier molecular flexibility index (Phi) is 5.83. The molecule has 2 amide bonds. The molecule has 1 aromatic carbocycles. The molecule has 10 nitrogen and oxygen atoms in total. The SMILES string of the molecule is CC(=O)NCCNc1nc(-c2nn(Cc3ccccc3F)c3ncccc23)nc2c1C(C)(C)C(=O)N2. The van der Waals surface area contributed by atoms with Gasteiger partial charge >= 0.3 is 0 Å². The highest BCUT2D eigenvalue weighted by Gasteiger charge is 2.43. The van der Waals surface area contributed by atoms with E-state index in [0.717, 1.165) is 0 Å². The van der Waals surface area contributed by atoms with Gasteiger partial charge in [-0.15, -0.1) is 0 Å². The van der Waals surface area contributed by atoms with Crippen LogP contribution in [0.25, 0.3) is 22.6 Å². The van der Waals surface area contributed by atoms with Crippen molar-refractivity contribution >= 4 is 34.5 Å². The van der Waals surface area contributed by atoms with Crippen molar-refractivity contribution in [1.82, 2.24) is 30.0 Å². The van der Waals surface area contributed by atoms with E-state index in [9.17, 15) is 14.0 Å². The average Bonchev–Trinajstić information content (AvgIpc) is 3.32. The Labute approximate surface area is 206 Å². The molecule has 3 N–H and O–H groups in total. The van der Waals surface area contributed by atoms with Crippen LogP contribution in [0.1, 0.15) is 31.9 Å². The van der Waals surface area contributed by atoms with Crippen molar-refractivity contribution in [3.8, 4) is 11.5 Å². The molecule has 0 saturated heterocycles. The van der Waals surface area contributed by atoms with Crippen LogP contribution in [-0.4, -0.2) is 49.6 Å². The Hall–Kier alpha value is -4.41. The molecule has 0 aliphatic carbocycles. The number of hydrogen-bond donors (Lipinski definition) is 3. The van der Waals surface area contributed by atoms with Gasteiger partial charge in [-0.3, -0.25) is 9.59 Å². The maximum atomic E-state index is 14.4. The Bertz CT molecular complexity index is 1500. The molecule has 0 unspecified atom stereocenters. The second kappa shape index (κ2) is 8.99. The van der Waals surface area contributed by atoms with Crippen molar-refractivity contribution in [2.45, 2.75) is 32.7 Å². The summed E-state index contributed by atoms with van der Waals surface area (Å²) in [5, 5.41) is 14.2. The number of hydrogen-bond acceptors (Lipinski definition) is 7. The first-order valence-electron chi connectivity index (χ1n) is 11.5. The summed E-state index contributed by atoms with van der Waals surface area (Å²) in [6, 6.07) is 10.1. The fourth-order valence-corrected chi connectivity index (χ4v) is 4.25. The van der Waals surface area contributed by atoms with Crippen molar-refractivity contribution in [1.29, 1.82) is 0 Å². The molecule has 5 rings (SSSR count). The number of carbonyl (C=O) groups excluding carboxylic acids is 2. The predicted molar refractivity (Wildman–Crippen MR) is 133 cm³/mol. The molecule has 0 spiro atoms. The summed E-state index contributed by atoms with van der Waals surface area (Å²) < 4.78 is 16.0. The third-order valence-electron chi connectivity index (χ3n) is 6.12. The van der Waals surface area contributed by atoms with Crippen LogP contribution in [0.2, 0.25) is 0 Å². The Morgan fingerprint density at radius 1 is 1.14 bits per heavy atom. The van der Waals surface area contributed by atoms with E-state index >= 15 is 0 Å². The first kappa shape index (κ1) is 23.3. The van der Waals surface area contributed by atoms with Gasteiger partial charge in [0.15, 0.2) is 11.5 Å². The smallest absolute Gasteiger partial charge is 0.235 e. The minimum atomic E-state index is -0.849. The lowest BCUT2D eigenvalue weighted by Gasteiger charge is -2.19. The Balaban J connectivity index is 1.60. The molecule has 1 aliphatic rings. The highest BCUT2D eigenvalue weighted by atomic mass is 19.1. The minimum absolute atomic E-state index is 0.137. The Morgan fingerprint density at radius 3 is 2.72 bits per heavy atom. The van der Waals surface area contributed by atoms with E-state index in [-0.39, 0.29) is 24.2 Å². The van der Waals surface area contributed by atoms with Gasteiger partial charge in [0.05, 0.1) is 22.9 Å². The summed E-state index contributed by atoms with van der Waals surface area (Å²) in [4.78, 5) is 37.8. The van der Waals surface area contributed by atoms with Gasteiger partial charge in [-0.05, 0) is 32.0 Å². The molecule has 0 saturated carbocycles. The summed E-state index contributed by atoms with van der Waals surface area (Å²) in [6.45, 7) is 6.02. The lowest BCUT2D eigenvalue weighted by Crippen LogP contribution is -2.29. The summed E-state index contributed by atoms with van der Waals surface area (Å²) >= 11 is 0. The van der Waals surface area contributed by atoms with Gasteiger partial charge in [0, 0.05) is 31.8 Å². The fourth-order valence-electron chi connectivity index (χ4n) is 4.25. The van der Waals surface area contributed by atoms with E-state index < -0.39 is 5.41 Å². The maximum absolute atomic E-state index is 14.4. The number of fused-ring (bicyclic) bond motifs is 2. The van der Waals surface area contributed by atoms with Crippen LogP contribution in [0.4, 0.5) is 16.0 Å². The summed E-state index contributed by atoms with van der Waals surface area (Å²) in [7, 11) is 0. The minimum Gasteiger partial charge on any atom is -0.368 e. The molecular weight excluding hydrogens is 463 g/mol. The van der Waals surface area contributed by atoms with Crippen LogP contribution in [0.5, 0.6) is 0 Å². The molecule has 36 heavy (non-hydrogen) atoms. The molecule has 0 radical (unpaired) electrons. The monoisotopic (exact) mass is 488 g/mol. The van der Waals surface area contributed by atoms with E-state index in [0.29, 0.717) is 58.4 Å². The van der Waals surface area contributed by atoms with Crippen molar-refractivity contribution in [3.63, 3.8) is 0 Å². The summed E-state index contributed by atoms with van der Waals surface area (Å²) in [6.07, 6.45) is 1.65. The van der Waals surface area contributed by atoms with Crippen molar-refractivity contribution in [3.05, 3.63) is 59.5 Å². The molecule has 1 aliphatic heterocycles. The van der Waals surface area contributed by atoms with Crippen LogP contribution >= 0.6 is 0 Å².